The van der Waals surface area contributed by atoms with Crippen LogP contribution in [0.3, 0.4) is 0 Å². The fourth-order valence-corrected chi connectivity index (χ4v) is 2.81. The SMILES string of the molecule is CC(C)(C)[S@+]([O-])/N=C/Cc1sccc1Br. The molecule has 84 valence electrons. The molecule has 0 aromatic carbocycles. The van der Waals surface area contributed by atoms with Crippen LogP contribution in [0.25, 0.3) is 0 Å². The molecule has 1 aromatic heterocycles. The third kappa shape index (κ3) is 4.26. The number of thiophene rings is 1. The van der Waals surface area contributed by atoms with Gasteiger partial charge in [0.25, 0.3) is 0 Å². The van der Waals surface area contributed by atoms with Crippen LogP contribution >= 0.6 is 27.3 Å². The van der Waals surface area contributed by atoms with Crippen molar-refractivity contribution in [3.8, 4) is 0 Å². The minimum absolute atomic E-state index is 0.275. The Morgan fingerprint density at radius 1 is 1.60 bits per heavy atom. The van der Waals surface area contributed by atoms with Gasteiger partial charge in [-0.1, -0.05) is 4.40 Å². The van der Waals surface area contributed by atoms with Gasteiger partial charge < -0.3 is 4.55 Å². The van der Waals surface area contributed by atoms with E-state index in [9.17, 15) is 4.55 Å². The van der Waals surface area contributed by atoms with E-state index in [4.69, 9.17) is 0 Å². The van der Waals surface area contributed by atoms with E-state index in [1.165, 1.54) is 4.88 Å². The average molecular weight is 308 g/mol. The quantitative estimate of drug-likeness (QED) is 0.621. The van der Waals surface area contributed by atoms with Gasteiger partial charge in [0.1, 0.15) is 16.1 Å². The molecule has 0 aliphatic rings. The summed E-state index contributed by atoms with van der Waals surface area (Å²) in [4.78, 5) is 1.21. The molecular weight excluding hydrogens is 294 g/mol. The Kier molecular flexibility index (Phi) is 4.83. The Labute approximate surface area is 106 Å². The monoisotopic (exact) mass is 307 g/mol. The first-order valence-electron chi connectivity index (χ1n) is 4.57. The van der Waals surface area contributed by atoms with Crippen molar-refractivity contribution in [3.05, 3.63) is 20.8 Å². The van der Waals surface area contributed by atoms with Gasteiger partial charge in [0.2, 0.25) is 0 Å². The van der Waals surface area contributed by atoms with E-state index in [1.54, 1.807) is 17.6 Å². The topological polar surface area (TPSA) is 35.4 Å². The Morgan fingerprint density at radius 3 is 2.73 bits per heavy atom. The molecular formula is C10H14BrNOS2. The molecule has 2 nitrogen and oxygen atoms in total. The Bertz CT molecular complexity index is 343. The van der Waals surface area contributed by atoms with Crippen LogP contribution < -0.4 is 0 Å². The van der Waals surface area contributed by atoms with Crippen LogP contribution in [0.2, 0.25) is 0 Å². The third-order valence-electron chi connectivity index (χ3n) is 1.66. The lowest BCUT2D eigenvalue weighted by Gasteiger charge is -2.17. The summed E-state index contributed by atoms with van der Waals surface area (Å²) in [5.74, 6) is 0. The van der Waals surface area contributed by atoms with Crippen molar-refractivity contribution in [2.75, 3.05) is 0 Å². The van der Waals surface area contributed by atoms with Crippen molar-refractivity contribution in [1.82, 2.24) is 0 Å². The maximum Gasteiger partial charge on any atom is 0.144 e. The lowest BCUT2D eigenvalue weighted by atomic mass is 10.3. The number of nitrogens with zero attached hydrogens (tertiary/aromatic N) is 1. The molecule has 0 amide bonds. The molecule has 0 N–H and O–H groups in total. The van der Waals surface area contributed by atoms with Gasteiger partial charge in [-0.05, 0) is 48.1 Å². The van der Waals surface area contributed by atoms with Gasteiger partial charge in [0, 0.05) is 15.8 Å². The molecule has 0 saturated carbocycles. The molecule has 1 atom stereocenters. The summed E-state index contributed by atoms with van der Waals surface area (Å²) >= 11 is 3.97. The first kappa shape index (κ1) is 13.2. The Morgan fingerprint density at radius 2 is 2.27 bits per heavy atom. The van der Waals surface area contributed by atoms with Gasteiger partial charge in [-0.2, -0.15) is 0 Å². The van der Waals surface area contributed by atoms with Crippen molar-refractivity contribution in [1.29, 1.82) is 0 Å². The smallest absolute Gasteiger partial charge is 0.144 e. The summed E-state index contributed by atoms with van der Waals surface area (Å²) in [6.45, 7) is 5.75. The van der Waals surface area contributed by atoms with Gasteiger partial charge in [-0.3, -0.25) is 0 Å². The van der Waals surface area contributed by atoms with Gasteiger partial charge in [0.05, 0.1) is 6.21 Å². The standard InChI is InChI=1S/C10H14BrNOS2/c1-10(2,3)15(13)12-6-4-9-8(11)5-7-14-9/h5-7H,4H2,1-3H3/b12-6+/t15-/m0/s1. The molecule has 5 heteroatoms. The minimum atomic E-state index is -1.15. The zero-order valence-electron chi connectivity index (χ0n) is 8.99. The number of halogens is 1. The summed E-state index contributed by atoms with van der Waals surface area (Å²) in [5, 5.41) is 2.02. The summed E-state index contributed by atoms with van der Waals surface area (Å²) in [7, 11) is 0. The fraction of sp³-hybridized carbons (Fsp3) is 0.500. The summed E-state index contributed by atoms with van der Waals surface area (Å²) in [6.07, 6.45) is 2.47. The maximum atomic E-state index is 11.6. The summed E-state index contributed by atoms with van der Waals surface area (Å²) in [6, 6.07) is 2.01. The molecule has 1 rings (SSSR count). The van der Waals surface area contributed by atoms with Crippen LogP contribution in [0, 0.1) is 0 Å². The van der Waals surface area contributed by atoms with Crippen molar-refractivity contribution in [2.24, 2.45) is 4.40 Å². The molecule has 15 heavy (non-hydrogen) atoms. The second-order valence-electron chi connectivity index (χ2n) is 4.05. The fourth-order valence-electron chi connectivity index (χ4n) is 0.817. The highest BCUT2D eigenvalue weighted by molar-refractivity contribution is 9.10. The predicted octanol–water partition coefficient (Wildman–Crippen LogP) is 3.59. The molecule has 0 bridgehead atoms. The molecule has 0 saturated heterocycles. The summed E-state index contributed by atoms with van der Waals surface area (Å²) in [5.41, 5.74) is 0. The highest BCUT2D eigenvalue weighted by Gasteiger charge is 2.25. The van der Waals surface area contributed by atoms with Crippen LogP contribution in [0.1, 0.15) is 25.6 Å². The van der Waals surface area contributed by atoms with E-state index in [1.807, 2.05) is 32.2 Å². The zero-order valence-corrected chi connectivity index (χ0v) is 12.2. The lowest BCUT2D eigenvalue weighted by Crippen LogP contribution is -2.25. The van der Waals surface area contributed by atoms with Crippen LogP contribution in [-0.2, 0) is 17.8 Å². The molecule has 1 heterocycles. The van der Waals surface area contributed by atoms with E-state index in [0.717, 1.165) is 10.9 Å². The highest BCUT2D eigenvalue weighted by atomic mass is 79.9. The molecule has 0 aliphatic carbocycles. The molecule has 0 spiro atoms. The molecule has 0 unspecified atom stereocenters. The second-order valence-corrected chi connectivity index (χ2v) is 7.83. The molecule has 0 aliphatic heterocycles. The first-order chi connectivity index (χ1) is 6.91. The number of rotatable bonds is 3. The van der Waals surface area contributed by atoms with Crippen LogP contribution in [0.4, 0.5) is 0 Å². The van der Waals surface area contributed by atoms with Crippen LogP contribution in [0.5, 0.6) is 0 Å². The maximum absolute atomic E-state index is 11.6. The Hall–Kier alpha value is 0.160. The van der Waals surface area contributed by atoms with Crippen LogP contribution in [-0.4, -0.2) is 15.5 Å². The molecule has 0 fully saturated rings. The van der Waals surface area contributed by atoms with Crippen LogP contribution in [0.15, 0.2) is 20.3 Å². The van der Waals surface area contributed by atoms with Crippen molar-refractivity contribution in [2.45, 2.75) is 31.9 Å². The second kappa shape index (κ2) is 5.48. The average Bonchev–Trinajstić information content (AvgIpc) is 2.50. The molecule has 1 aromatic rings. The molecule has 0 radical (unpaired) electrons. The van der Waals surface area contributed by atoms with E-state index in [2.05, 4.69) is 20.3 Å². The van der Waals surface area contributed by atoms with Crippen molar-refractivity contribution >= 4 is 44.8 Å². The zero-order chi connectivity index (χ0) is 11.5. The van der Waals surface area contributed by atoms with Crippen molar-refractivity contribution < 1.29 is 4.55 Å². The normalized spacial score (nSPS) is 14.7. The third-order valence-corrected chi connectivity index (χ3v) is 5.00. The predicted molar refractivity (Wildman–Crippen MR) is 72.1 cm³/mol. The minimum Gasteiger partial charge on any atom is -0.591 e. The van der Waals surface area contributed by atoms with Gasteiger partial charge >= 0.3 is 0 Å². The number of hydrogen-bond acceptors (Lipinski definition) is 3. The van der Waals surface area contributed by atoms with Gasteiger partial charge in [0.15, 0.2) is 0 Å². The highest BCUT2D eigenvalue weighted by Crippen LogP contribution is 2.23. The van der Waals surface area contributed by atoms with E-state index < -0.39 is 11.4 Å². The summed E-state index contributed by atoms with van der Waals surface area (Å²) < 4.78 is 16.5. The van der Waals surface area contributed by atoms with Gasteiger partial charge in [-0.15, -0.1) is 11.3 Å². The van der Waals surface area contributed by atoms with Crippen molar-refractivity contribution in [3.63, 3.8) is 0 Å². The van der Waals surface area contributed by atoms with Gasteiger partial charge in [-0.25, -0.2) is 0 Å². The first-order valence-corrected chi connectivity index (χ1v) is 7.35. The van der Waals surface area contributed by atoms with E-state index in [0.29, 0.717) is 0 Å². The lowest BCUT2D eigenvalue weighted by molar-refractivity contribution is 0.561. The number of hydrogen-bond donors (Lipinski definition) is 0. The largest absolute Gasteiger partial charge is 0.591 e. The van der Waals surface area contributed by atoms with E-state index >= 15 is 0 Å². The Balaban J connectivity index is 2.51. The van der Waals surface area contributed by atoms with E-state index in [-0.39, 0.29) is 4.75 Å².